The first-order valence-electron chi connectivity index (χ1n) is 5.77. The molecule has 0 aliphatic carbocycles. The number of nitriles is 1. The van der Waals surface area contributed by atoms with Crippen molar-refractivity contribution in [3.63, 3.8) is 0 Å². The Morgan fingerprint density at radius 1 is 1.42 bits per heavy atom. The van der Waals surface area contributed by atoms with E-state index in [0.717, 1.165) is 9.21 Å². The lowest BCUT2D eigenvalue weighted by atomic mass is 10.1. The highest BCUT2D eigenvalue weighted by atomic mass is 35.5. The van der Waals surface area contributed by atoms with E-state index >= 15 is 0 Å². The number of nitrogens with zero attached hydrogens (tertiary/aromatic N) is 1. The van der Waals surface area contributed by atoms with Gasteiger partial charge in [0.2, 0.25) is 0 Å². The molecule has 1 unspecified atom stereocenters. The van der Waals surface area contributed by atoms with Gasteiger partial charge in [-0.3, -0.25) is 0 Å². The molecule has 1 heterocycles. The van der Waals surface area contributed by atoms with Crippen molar-refractivity contribution in [1.29, 1.82) is 5.26 Å². The van der Waals surface area contributed by atoms with E-state index in [4.69, 9.17) is 16.9 Å². The standard InChI is InChI=1S/C14H12ClFN2S/c1-9(13-4-5-14(15)19-13)18-8-11-3-2-10(7-17)6-12(11)16/h2-6,9,18H,8H2,1H3. The van der Waals surface area contributed by atoms with E-state index in [1.165, 1.54) is 17.4 Å². The van der Waals surface area contributed by atoms with Crippen LogP contribution in [0.15, 0.2) is 30.3 Å². The molecule has 1 aromatic carbocycles. The Hall–Kier alpha value is -1.41. The number of hydrogen-bond acceptors (Lipinski definition) is 3. The first-order chi connectivity index (χ1) is 9.10. The van der Waals surface area contributed by atoms with Crippen molar-refractivity contribution < 1.29 is 4.39 Å². The Labute approximate surface area is 120 Å². The Bertz CT molecular complexity index is 618. The fourth-order valence-corrected chi connectivity index (χ4v) is 2.77. The molecule has 0 saturated carbocycles. The van der Waals surface area contributed by atoms with E-state index in [1.807, 2.05) is 25.1 Å². The Kier molecular flexibility index (Phi) is 4.54. The predicted octanol–water partition coefficient (Wildman–Crippen LogP) is 4.26. The summed E-state index contributed by atoms with van der Waals surface area (Å²) < 4.78 is 14.4. The molecule has 19 heavy (non-hydrogen) atoms. The lowest BCUT2D eigenvalue weighted by Gasteiger charge is -2.12. The van der Waals surface area contributed by atoms with Crippen LogP contribution < -0.4 is 5.32 Å². The smallest absolute Gasteiger partial charge is 0.129 e. The third kappa shape index (κ3) is 3.54. The number of hydrogen-bond donors (Lipinski definition) is 1. The molecule has 0 amide bonds. The van der Waals surface area contributed by atoms with Crippen molar-refractivity contribution in [1.82, 2.24) is 5.32 Å². The summed E-state index contributed by atoms with van der Waals surface area (Å²) in [5.41, 5.74) is 0.882. The van der Waals surface area contributed by atoms with Crippen LogP contribution in [0.2, 0.25) is 4.34 Å². The number of nitrogens with one attached hydrogen (secondary N) is 1. The van der Waals surface area contributed by atoms with Gasteiger partial charge in [-0.25, -0.2) is 4.39 Å². The van der Waals surface area contributed by atoms with Gasteiger partial charge in [-0.1, -0.05) is 17.7 Å². The average molecular weight is 295 g/mol. The van der Waals surface area contributed by atoms with Crippen LogP contribution >= 0.6 is 22.9 Å². The lowest BCUT2D eigenvalue weighted by Crippen LogP contribution is -2.17. The van der Waals surface area contributed by atoms with Gasteiger partial charge in [-0.05, 0) is 31.2 Å². The second-order valence-corrected chi connectivity index (χ2v) is 5.91. The summed E-state index contributed by atoms with van der Waals surface area (Å²) in [5.74, 6) is -0.358. The molecular weight excluding hydrogens is 283 g/mol. The summed E-state index contributed by atoms with van der Waals surface area (Å²) in [6.07, 6.45) is 0. The van der Waals surface area contributed by atoms with E-state index in [2.05, 4.69) is 5.32 Å². The number of halogens is 2. The second-order valence-electron chi connectivity index (χ2n) is 4.16. The van der Waals surface area contributed by atoms with Gasteiger partial charge in [0.15, 0.2) is 0 Å². The summed E-state index contributed by atoms with van der Waals surface area (Å²) in [7, 11) is 0. The van der Waals surface area contributed by atoms with Crippen LogP contribution in [0, 0.1) is 17.1 Å². The Morgan fingerprint density at radius 3 is 2.79 bits per heavy atom. The minimum Gasteiger partial charge on any atom is -0.305 e. The molecule has 0 spiro atoms. The minimum atomic E-state index is -0.358. The van der Waals surface area contributed by atoms with Crippen molar-refractivity contribution in [2.75, 3.05) is 0 Å². The minimum absolute atomic E-state index is 0.104. The SMILES string of the molecule is CC(NCc1ccc(C#N)cc1F)c1ccc(Cl)s1. The van der Waals surface area contributed by atoms with Crippen LogP contribution in [0.4, 0.5) is 4.39 Å². The summed E-state index contributed by atoms with van der Waals surface area (Å²) >= 11 is 7.39. The largest absolute Gasteiger partial charge is 0.305 e. The first-order valence-corrected chi connectivity index (χ1v) is 6.96. The van der Waals surface area contributed by atoms with Crippen molar-refractivity contribution in [2.24, 2.45) is 0 Å². The molecule has 2 nitrogen and oxygen atoms in total. The lowest BCUT2D eigenvalue weighted by molar-refractivity contribution is 0.549. The zero-order chi connectivity index (χ0) is 13.8. The highest BCUT2D eigenvalue weighted by molar-refractivity contribution is 7.16. The fourth-order valence-electron chi connectivity index (χ4n) is 1.68. The average Bonchev–Trinajstić information content (AvgIpc) is 2.83. The molecule has 0 radical (unpaired) electrons. The quantitative estimate of drug-likeness (QED) is 0.914. The van der Waals surface area contributed by atoms with E-state index in [9.17, 15) is 4.39 Å². The first kappa shape index (κ1) is 14.0. The van der Waals surface area contributed by atoms with Gasteiger partial charge in [0, 0.05) is 23.0 Å². The molecule has 0 saturated heterocycles. The van der Waals surface area contributed by atoms with Gasteiger partial charge in [0.25, 0.3) is 0 Å². The number of thiophene rings is 1. The molecule has 0 aliphatic rings. The van der Waals surface area contributed by atoms with Crippen LogP contribution in [0.5, 0.6) is 0 Å². The van der Waals surface area contributed by atoms with Crippen LogP contribution in [0.25, 0.3) is 0 Å². The fraction of sp³-hybridized carbons (Fsp3) is 0.214. The molecule has 1 aromatic heterocycles. The van der Waals surface area contributed by atoms with E-state index in [-0.39, 0.29) is 11.9 Å². The topological polar surface area (TPSA) is 35.8 Å². The van der Waals surface area contributed by atoms with Crippen molar-refractivity contribution in [3.8, 4) is 6.07 Å². The van der Waals surface area contributed by atoms with Gasteiger partial charge in [-0.2, -0.15) is 5.26 Å². The third-order valence-electron chi connectivity index (χ3n) is 2.80. The van der Waals surface area contributed by atoms with Gasteiger partial charge in [0.05, 0.1) is 16.0 Å². The third-order valence-corrected chi connectivity index (χ3v) is 4.22. The molecule has 0 bridgehead atoms. The maximum atomic E-state index is 13.7. The van der Waals surface area contributed by atoms with Crippen LogP contribution in [-0.2, 0) is 6.54 Å². The maximum Gasteiger partial charge on any atom is 0.129 e. The summed E-state index contributed by atoms with van der Waals surface area (Å²) in [6, 6.07) is 10.3. The Morgan fingerprint density at radius 2 is 2.21 bits per heavy atom. The Balaban J connectivity index is 2.01. The monoisotopic (exact) mass is 294 g/mol. The highest BCUT2D eigenvalue weighted by Crippen LogP contribution is 2.26. The zero-order valence-corrected chi connectivity index (χ0v) is 11.9. The molecule has 5 heteroatoms. The van der Waals surface area contributed by atoms with Gasteiger partial charge < -0.3 is 5.32 Å². The van der Waals surface area contributed by atoms with Gasteiger partial charge in [-0.15, -0.1) is 11.3 Å². The molecule has 1 atom stereocenters. The molecule has 2 rings (SSSR count). The normalized spacial score (nSPS) is 12.1. The van der Waals surface area contributed by atoms with Crippen molar-refractivity contribution in [3.05, 3.63) is 56.5 Å². The second kappa shape index (κ2) is 6.16. The predicted molar refractivity (Wildman–Crippen MR) is 75.7 cm³/mol. The van der Waals surface area contributed by atoms with Gasteiger partial charge in [0.1, 0.15) is 5.82 Å². The molecule has 0 fully saturated rings. The maximum absolute atomic E-state index is 13.7. The molecular formula is C14H12ClFN2S. The number of benzene rings is 1. The van der Waals surface area contributed by atoms with E-state index < -0.39 is 0 Å². The van der Waals surface area contributed by atoms with E-state index in [1.54, 1.807) is 12.1 Å². The van der Waals surface area contributed by atoms with Crippen molar-refractivity contribution >= 4 is 22.9 Å². The molecule has 2 aromatic rings. The van der Waals surface area contributed by atoms with Gasteiger partial charge >= 0.3 is 0 Å². The van der Waals surface area contributed by atoms with Crippen LogP contribution in [0.1, 0.15) is 29.0 Å². The van der Waals surface area contributed by atoms with Crippen LogP contribution in [0.3, 0.4) is 0 Å². The zero-order valence-electron chi connectivity index (χ0n) is 10.3. The highest BCUT2D eigenvalue weighted by Gasteiger charge is 2.09. The molecule has 1 N–H and O–H groups in total. The summed E-state index contributed by atoms with van der Waals surface area (Å²) in [4.78, 5) is 1.11. The summed E-state index contributed by atoms with van der Waals surface area (Å²) in [5, 5.41) is 11.9. The molecule has 98 valence electrons. The van der Waals surface area contributed by atoms with E-state index in [0.29, 0.717) is 17.7 Å². The van der Waals surface area contributed by atoms with Crippen molar-refractivity contribution in [2.45, 2.75) is 19.5 Å². The summed E-state index contributed by atoms with van der Waals surface area (Å²) in [6.45, 7) is 2.41. The molecule has 0 aliphatic heterocycles. The van der Waals surface area contributed by atoms with Crippen LogP contribution in [-0.4, -0.2) is 0 Å². The number of rotatable bonds is 4.